The zero-order valence-electron chi connectivity index (χ0n) is 15.5. The van der Waals surface area contributed by atoms with Crippen LogP contribution in [0.1, 0.15) is 24.8 Å². The van der Waals surface area contributed by atoms with Gasteiger partial charge in [-0.05, 0) is 55.5 Å². The number of aryl methyl sites for hydroxylation is 1. The third kappa shape index (κ3) is 5.28. The predicted octanol–water partition coefficient (Wildman–Crippen LogP) is 3.25. The van der Waals surface area contributed by atoms with Gasteiger partial charge in [-0.1, -0.05) is 12.1 Å². The van der Waals surface area contributed by atoms with E-state index in [0.717, 1.165) is 37.2 Å². The Labute approximate surface area is 162 Å². The van der Waals surface area contributed by atoms with Crippen molar-refractivity contribution in [1.82, 2.24) is 5.32 Å². The summed E-state index contributed by atoms with van der Waals surface area (Å²) in [6.45, 7) is 2.54. The standard InChI is InChI=1S/C21H23F2N3O2/c22-16-7-10-19(18(23)14-16)25-21(28)20(27)24-11-3-4-15-5-8-17(9-6-15)26-12-1-2-13-26/h5-10,14H,1-4,11-13H2,(H,24,27)(H,25,28). The predicted molar refractivity (Wildman–Crippen MR) is 104 cm³/mol. The zero-order valence-corrected chi connectivity index (χ0v) is 15.5. The maximum atomic E-state index is 13.5. The van der Waals surface area contributed by atoms with E-state index in [2.05, 4.69) is 39.8 Å². The SMILES string of the molecule is O=C(NCCCc1ccc(N2CCCC2)cc1)C(=O)Nc1ccc(F)cc1F. The molecule has 1 aliphatic heterocycles. The Balaban J connectivity index is 1.39. The molecule has 0 aliphatic carbocycles. The maximum absolute atomic E-state index is 13.5. The van der Waals surface area contributed by atoms with Crippen molar-refractivity contribution < 1.29 is 18.4 Å². The first-order valence-corrected chi connectivity index (χ1v) is 9.41. The Bertz CT molecular complexity index is 834. The minimum absolute atomic E-state index is 0.236. The average molecular weight is 387 g/mol. The molecule has 2 aromatic carbocycles. The lowest BCUT2D eigenvalue weighted by molar-refractivity contribution is -0.136. The first-order valence-electron chi connectivity index (χ1n) is 9.41. The smallest absolute Gasteiger partial charge is 0.313 e. The number of amides is 2. The van der Waals surface area contributed by atoms with Crippen molar-refractivity contribution in [1.29, 1.82) is 0 Å². The second kappa shape index (κ2) is 9.30. The maximum Gasteiger partial charge on any atom is 0.313 e. The summed E-state index contributed by atoms with van der Waals surface area (Å²) in [5.74, 6) is -3.53. The van der Waals surface area contributed by atoms with E-state index in [1.165, 1.54) is 18.5 Å². The number of carbonyl (C=O) groups excluding carboxylic acids is 2. The Morgan fingerprint density at radius 2 is 1.68 bits per heavy atom. The fourth-order valence-corrected chi connectivity index (χ4v) is 3.19. The molecule has 3 rings (SSSR count). The quantitative estimate of drug-likeness (QED) is 0.591. The molecule has 0 bridgehead atoms. The minimum Gasteiger partial charge on any atom is -0.372 e. The lowest BCUT2D eigenvalue weighted by Gasteiger charge is -2.17. The first-order chi connectivity index (χ1) is 13.5. The molecule has 0 atom stereocenters. The molecule has 0 unspecified atom stereocenters. The van der Waals surface area contributed by atoms with E-state index in [9.17, 15) is 18.4 Å². The molecule has 1 saturated heterocycles. The van der Waals surface area contributed by atoms with Gasteiger partial charge in [-0.25, -0.2) is 8.78 Å². The van der Waals surface area contributed by atoms with E-state index in [-0.39, 0.29) is 5.69 Å². The molecule has 5 nitrogen and oxygen atoms in total. The molecule has 1 heterocycles. The Morgan fingerprint density at radius 3 is 2.36 bits per heavy atom. The molecule has 7 heteroatoms. The summed E-state index contributed by atoms with van der Waals surface area (Å²) in [5.41, 5.74) is 2.16. The van der Waals surface area contributed by atoms with Crippen LogP contribution in [0.3, 0.4) is 0 Å². The van der Waals surface area contributed by atoms with Crippen LogP contribution in [0.15, 0.2) is 42.5 Å². The van der Waals surface area contributed by atoms with Gasteiger partial charge in [0.15, 0.2) is 0 Å². The number of rotatable bonds is 6. The summed E-state index contributed by atoms with van der Waals surface area (Å²) in [6, 6.07) is 11.1. The van der Waals surface area contributed by atoms with Gasteiger partial charge in [0, 0.05) is 31.4 Å². The van der Waals surface area contributed by atoms with Crippen molar-refractivity contribution in [2.45, 2.75) is 25.7 Å². The number of hydrogen-bond acceptors (Lipinski definition) is 3. The second-order valence-corrected chi connectivity index (χ2v) is 6.80. The number of anilines is 2. The lowest BCUT2D eigenvalue weighted by Crippen LogP contribution is -2.36. The summed E-state index contributed by atoms with van der Waals surface area (Å²) in [5, 5.41) is 4.64. The van der Waals surface area contributed by atoms with E-state index in [1.54, 1.807) is 0 Å². The van der Waals surface area contributed by atoms with E-state index in [1.807, 2.05) is 0 Å². The highest BCUT2D eigenvalue weighted by Gasteiger charge is 2.15. The summed E-state index contributed by atoms with van der Waals surface area (Å²) in [7, 11) is 0. The van der Waals surface area contributed by atoms with Gasteiger partial charge in [0.1, 0.15) is 11.6 Å². The van der Waals surface area contributed by atoms with E-state index in [0.29, 0.717) is 19.0 Å². The fourth-order valence-electron chi connectivity index (χ4n) is 3.19. The molecule has 2 aromatic rings. The zero-order chi connectivity index (χ0) is 19.9. The van der Waals surface area contributed by atoms with Crippen LogP contribution in [0, 0.1) is 11.6 Å². The monoisotopic (exact) mass is 387 g/mol. The van der Waals surface area contributed by atoms with Gasteiger partial charge in [-0.3, -0.25) is 9.59 Å². The second-order valence-electron chi connectivity index (χ2n) is 6.80. The number of hydrogen-bond donors (Lipinski definition) is 2. The molecule has 0 spiro atoms. The molecule has 2 amide bonds. The number of halogens is 2. The summed E-state index contributed by atoms with van der Waals surface area (Å²) >= 11 is 0. The molecule has 1 fully saturated rings. The van der Waals surface area contributed by atoms with E-state index in [4.69, 9.17) is 0 Å². The van der Waals surface area contributed by atoms with Gasteiger partial charge in [-0.15, -0.1) is 0 Å². The van der Waals surface area contributed by atoms with Crippen LogP contribution < -0.4 is 15.5 Å². The lowest BCUT2D eigenvalue weighted by atomic mass is 10.1. The topological polar surface area (TPSA) is 61.4 Å². The van der Waals surface area contributed by atoms with Crippen molar-refractivity contribution in [3.63, 3.8) is 0 Å². The van der Waals surface area contributed by atoms with Crippen LogP contribution in [0.25, 0.3) is 0 Å². The molecule has 0 aromatic heterocycles. The third-order valence-corrected chi connectivity index (χ3v) is 4.72. The van der Waals surface area contributed by atoms with Crippen LogP contribution in [0.5, 0.6) is 0 Å². The summed E-state index contributed by atoms with van der Waals surface area (Å²) in [4.78, 5) is 26.0. The van der Waals surface area contributed by atoms with Crippen LogP contribution in [0.4, 0.5) is 20.2 Å². The average Bonchev–Trinajstić information content (AvgIpc) is 3.22. The van der Waals surface area contributed by atoms with Gasteiger partial charge in [0.05, 0.1) is 5.69 Å². The Kier molecular flexibility index (Phi) is 6.57. The number of benzene rings is 2. The van der Waals surface area contributed by atoms with Gasteiger partial charge in [-0.2, -0.15) is 0 Å². The van der Waals surface area contributed by atoms with Crippen molar-refractivity contribution in [3.05, 3.63) is 59.7 Å². The number of nitrogens with zero attached hydrogens (tertiary/aromatic N) is 1. The van der Waals surface area contributed by atoms with Gasteiger partial charge >= 0.3 is 11.8 Å². The van der Waals surface area contributed by atoms with Crippen molar-refractivity contribution in [2.75, 3.05) is 29.9 Å². The minimum atomic E-state index is -0.986. The van der Waals surface area contributed by atoms with E-state index < -0.39 is 23.4 Å². The first kappa shape index (κ1) is 19.8. The highest BCUT2D eigenvalue weighted by molar-refractivity contribution is 6.39. The molecular weight excluding hydrogens is 364 g/mol. The molecule has 0 radical (unpaired) electrons. The van der Waals surface area contributed by atoms with E-state index >= 15 is 0 Å². The number of carbonyl (C=O) groups is 2. The Hall–Kier alpha value is -2.96. The number of nitrogens with one attached hydrogen (secondary N) is 2. The van der Waals surface area contributed by atoms with Gasteiger partial charge in [0.2, 0.25) is 0 Å². The highest BCUT2D eigenvalue weighted by Crippen LogP contribution is 2.20. The van der Waals surface area contributed by atoms with Crippen LogP contribution in [-0.2, 0) is 16.0 Å². The molecular formula is C21H23F2N3O2. The van der Waals surface area contributed by atoms with Crippen molar-refractivity contribution >= 4 is 23.2 Å². The van der Waals surface area contributed by atoms with Crippen LogP contribution in [0.2, 0.25) is 0 Å². The summed E-state index contributed by atoms with van der Waals surface area (Å²) < 4.78 is 26.4. The fraction of sp³-hybridized carbons (Fsp3) is 0.333. The molecule has 28 heavy (non-hydrogen) atoms. The van der Waals surface area contributed by atoms with Crippen molar-refractivity contribution in [3.8, 4) is 0 Å². The summed E-state index contributed by atoms with van der Waals surface area (Å²) in [6.07, 6.45) is 3.92. The molecule has 148 valence electrons. The largest absolute Gasteiger partial charge is 0.372 e. The molecule has 1 aliphatic rings. The van der Waals surface area contributed by atoms with Crippen LogP contribution in [-0.4, -0.2) is 31.4 Å². The third-order valence-electron chi connectivity index (χ3n) is 4.72. The van der Waals surface area contributed by atoms with Crippen molar-refractivity contribution in [2.24, 2.45) is 0 Å². The van der Waals surface area contributed by atoms with Crippen LogP contribution >= 0.6 is 0 Å². The molecule has 2 N–H and O–H groups in total. The van der Waals surface area contributed by atoms with Gasteiger partial charge < -0.3 is 15.5 Å². The Morgan fingerprint density at radius 1 is 0.964 bits per heavy atom. The molecule has 0 saturated carbocycles. The van der Waals surface area contributed by atoms with Gasteiger partial charge in [0.25, 0.3) is 0 Å². The normalized spacial score (nSPS) is 13.4. The highest BCUT2D eigenvalue weighted by atomic mass is 19.1.